The molecule has 144 valence electrons. The van der Waals surface area contributed by atoms with Gasteiger partial charge in [0.1, 0.15) is 6.54 Å². The molecular formula is C23H19N3O2S. The molecule has 1 aliphatic rings. The molecule has 2 aromatic heterocycles. The summed E-state index contributed by atoms with van der Waals surface area (Å²) >= 11 is 1.57. The summed E-state index contributed by atoms with van der Waals surface area (Å²) in [7, 11) is 0. The van der Waals surface area contributed by atoms with Crippen molar-refractivity contribution >= 4 is 27.3 Å². The zero-order valence-corrected chi connectivity index (χ0v) is 16.6. The Hall–Kier alpha value is -3.12. The fraction of sp³-hybridized carbons (Fsp3) is 0.217. The van der Waals surface area contributed by atoms with Crippen LogP contribution in [0.25, 0.3) is 21.3 Å². The summed E-state index contributed by atoms with van der Waals surface area (Å²) in [5, 5.41) is 8.91. The van der Waals surface area contributed by atoms with E-state index in [4.69, 9.17) is 0 Å². The van der Waals surface area contributed by atoms with Crippen LogP contribution in [0, 0.1) is 0 Å². The summed E-state index contributed by atoms with van der Waals surface area (Å²) in [5.41, 5.74) is 3.62. The number of hydrogen-bond donors (Lipinski definition) is 0. The van der Waals surface area contributed by atoms with E-state index in [0.29, 0.717) is 15.8 Å². The molecule has 0 saturated heterocycles. The van der Waals surface area contributed by atoms with E-state index in [1.807, 2.05) is 42.5 Å². The lowest BCUT2D eigenvalue weighted by molar-refractivity contribution is 0.0964. The van der Waals surface area contributed by atoms with Gasteiger partial charge >= 0.3 is 0 Å². The number of rotatable bonds is 4. The molecule has 0 amide bonds. The Bertz CT molecular complexity index is 1260. The lowest BCUT2D eigenvalue weighted by Gasteiger charge is -2.10. The SMILES string of the molecule is O=C(Cn1nnc2sc3c(c2c1=O)CCCC3)c1ccc(-c2ccccc2)cc1. The fourth-order valence-corrected chi connectivity index (χ4v) is 5.11. The molecular weight excluding hydrogens is 382 g/mol. The molecule has 6 heteroatoms. The van der Waals surface area contributed by atoms with Gasteiger partial charge in [-0.3, -0.25) is 9.59 Å². The number of aromatic nitrogens is 3. The van der Waals surface area contributed by atoms with Crippen LogP contribution in [0.3, 0.4) is 0 Å². The van der Waals surface area contributed by atoms with Crippen LogP contribution in [-0.4, -0.2) is 20.8 Å². The van der Waals surface area contributed by atoms with Crippen LogP contribution < -0.4 is 5.56 Å². The summed E-state index contributed by atoms with van der Waals surface area (Å²) in [6, 6.07) is 17.5. The van der Waals surface area contributed by atoms with Gasteiger partial charge in [-0.1, -0.05) is 59.8 Å². The van der Waals surface area contributed by atoms with Gasteiger partial charge in [0.25, 0.3) is 5.56 Å². The zero-order valence-electron chi connectivity index (χ0n) is 15.8. The number of aryl methyl sites for hydroxylation is 2. The largest absolute Gasteiger partial charge is 0.292 e. The molecule has 5 nitrogen and oxygen atoms in total. The topological polar surface area (TPSA) is 64.8 Å². The van der Waals surface area contributed by atoms with E-state index in [0.717, 1.165) is 42.4 Å². The minimum Gasteiger partial charge on any atom is -0.292 e. The van der Waals surface area contributed by atoms with Crippen LogP contribution in [0.1, 0.15) is 33.6 Å². The predicted molar refractivity (Wildman–Crippen MR) is 115 cm³/mol. The molecule has 0 N–H and O–H groups in total. The standard InChI is InChI=1S/C23H19N3O2S/c27-19(17-12-10-16(11-13-17)15-6-2-1-3-7-15)14-26-23(28)21-18-8-4-5-9-20(18)29-22(21)24-25-26/h1-3,6-7,10-13H,4-5,8-9,14H2. The normalized spacial score (nSPS) is 13.4. The molecule has 0 fully saturated rings. The van der Waals surface area contributed by atoms with E-state index < -0.39 is 0 Å². The van der Waals surface area contributed by atoms with Crippen molar-refractivity contribution in [3.05, 3.63) is 81.0 Å². The molecule has 0 bridgehead atoms. The Kier molecular flexibility index (Phi) is 4.56. The van der Waals surface area contributed by atoms with E-state index >= 15 is 0 Å². The molecule has 0 spiro atoms. The molecule has 0 saturated carbocycles. The highest BCUT2D eigenvalue weighted by atomic mass is 32.1. The smallest absolute Gasteiger partial charge is 0.279 e. The first-order valence-electron chi connectivity index (χ1n) is 9.77. The number of Topliss-reactive ketones (excluding diaryl/α,β-unsaturated/α-hetero) is 1. The number of carbonyl (C=O) groups is 1. The van der Waals surface area contributed by atoms with E-state index in [2.05, 4.69) is 10.3 Å². The highest BCUT2D eigenvalue weighted by Crippen LogP contribution is 2.33. The van der Waals surface area contributed by atoms with Crippen LogP contribution in [0.5, 0.6) is 0 Å². The second-order valence-electron chi connectivity index (χ2n) is 7.31. The van der Waals surface area contributed by atoms with Crippen molar-refractivity contribution in [1.29, 1.82) is 0 Å². The number of fused-ring (bicyclic) bond motifs is 3. The first-order valence-corrected chi connectivity index (χ1v) is 10.6. The highest BCUT2D eigenvalue weighted by molar-refractivity contribution is 7.18. The average Bonchev–Trinajstić information content (AvgIpc) is 3.16. The molecule has 2 heterocycles. The van der Waals surface area contributed by atoms with Crippen molar-refractivity contribution in [1.82, 2.24) is 15.0 Å². The van der Waals surface area contributed by atoms with Crippen LogP contribution in [0.2, 0.25) is 0 Å². The summed E-state index contributed by atoms with van der Waals surface area (Å²) < 4.78 is 1.21. The number of benzene rings is 2. The molecule has 0 unspecified atom stereocenters. The molecule has 4 aromatic rings. The minimum atomic E-state index is -0.205. The van der Waals surface area contributed by atoms with Crippen molar-refractivity contribution < 1.29 is 4.79 Å². The summed E-state index contributed by atoms with van der Waals surface area (Å²) in [5.74, 6) is -0.149. The third-order valence-electron chi connectivity index (χ3n) is 5.45. The number of ketones is 1. The Morgan fingerprint density at radius 3 is 2.48 bits per heavy atom. The van der Waals surface area contributed by atoms with Crippen molar-refractivity contribution in [2.45, 2.75) is 32.2 Å². The third-order valence-corrected chi connectivity index (χ3v) is 6.63. The second-order valence-corrected chi connectivity index (χ2v) is 8.39. The highest BCUT2D eigenvalue weighted by Gasteiger charge is 2.21. The number of thiophene rings is 1. The average molecular weight is 401 g/mol. The van der Waals surface area contributed by atoms with Gasteiger partial charge in [0, 0.05) is 10.4 Å². The third kappa shape index (κ3) is 3.29. The molecule has 1 aliphatic carbocycles. The molecule has 29 heavy (non-hydrogen) atoms. The summed E-state index contributed by atoms with van der Waals surface area (Å²) in [6.07, 6.45) is 4.15. The fourth-order valence-electron chi connectivity index (χ4n) is 3.92. The lowest BCUT2D eigenvalue weighted by atomic mass is 9.97. The van der Waals surface area contributed by atoms with E-state index in [1.54, 1.807) is 23.5 Å². The number of nitrogens with zero attached hydrogens (tertiary/aromatic N) is 3. The van der Waals surface area contributed by atoms with Gasteiger partial charge in [0.05, 0.1) is 5.39 Å². The molecule has 0 aliphatic heterocycles. The Labute approximate surface area is 171 Å². The minimum absolute atomic E-state index is 0.100. The van der Waals surface area contributed by atoms with Crippen LogP contribution in [-0.2, 0) is 19.4 Å². The maximum absolute atomic E-state index is 13.0. The number of hydrogen-bond acceptors (Lipinski definition) is 5. The predicted octanol–water partition coefficient (Wildman–Crippen LogP) is 4.28. The van der Waals surface area contributed by atoms with E-state index in [1.165, 1.54) is 9.56 Å². The number of carbonyl (C=O) groups excluding carboxylic acids is 1. The molecule has 0 radical (unpaired) electrons. The monoisotopic (exact) mass is 401 g/mol. The summed E-state index contributed by atoms with van der Waals surface area (Å²) in [4.78, 5) is 27.7. The van der Waals surface area contributed by atoms with Gasteiger partial charge in [-0.25, -0.2) is 4.68 Å². The quantitative estimate of drug-likeness (QED) is 0.479. The summed E-state index contributed by atoms with van der Waals surface area (Å²) in [6.45, 7) is -0.100. The van der Waals surface area contributed by atoms with Gasteiger partial charge in [0.15, 0.2) is 10.6 Å². The van der Waals surface area contributed by atoms with Crippen LogP contribution in [0.4, 0.5) is 0 Å². The van der Waals surface area contributed by atoms with Gasteiger partial charge in [-0.2, -0.15) is 0 Å². The van der Waals surface area contributed by atoms with Crippen LogP contribution >= 0.6 is 11.3 Å². The van der Waals surface area contributed by atoms with Crippen LogP contribution in [0.15, 0.2) is 59.4 Å². The van der Waals surface area contributed by atoms with Gasteiger partial charge in [-0.05, 0) is 42.4 Å². The molecule has 2 aromatic carbocycles. The molecule has 5 rings (SSSR count). The first kappa shape index (κ1) is 17.9. The maximum Gasteiger partial charge on any atom is 0.279 e. The van der Waals surface area contributed by atoms with E-state index in [-0.39, 0.29) is 17.9 Å². The van der Waals surface area contributed by atoms with Gasteiger partial charge < -0.3 is 0 Å². The van der Waals surface area contributed by atoms with Crippen molar-refractivity contribution in [2.75, 3.05) is 0 Å². The Morgan fingerprint density at radius 1 is 0.966 bits per heavy atom. The van der Waals surface area contributed by atoms with Crippen molar-refractivity contribution in [3.8, 4) is 11.1 Å². The second kappa shape index (κ2) is 7.37. The van der Waals surface area contributed by atoms with Gasteiger partial charge in [0.2, 0.25) is 0 Å². The zero-order chi connectivity index (χ0) is 19.8. The first-order chi connectivity index (χ1) is 14.2. The van der Waals surface area contributed by atoms with Crippen molar-refractivity contribution in [2.24, 2.45) is 0 Å². The Balaban J connectivity index is 1.43. The van der Waals surface area contributed by atoms with Crippen molar-refractivity contribution in [3.63, 3.8) is 0 Å². The lowest BCUT2D eigenvalue weighted by Crippen LogP contribution is -2.28. The maximum atomic E-state index is 13.0. The van der Waals surface area contributed by atoms with Gasteiger partial charge in [-0.15, -0.1) is 16.4 Å². The Morgan fingerprint density at radius 2 is 1.69 bits per heavy atom. The molecule has 0 atom stereocenters. The van der Waals surface area contributed by atoms with E-state index in [9.17, 15) is 9.59 Å².